The summed E-state index contributed by atoms with van der Waals surface area (Å²) < 4.78 is 13.9. The number of nitrogens with zero attached hydrogens (tertiary/aromatic N) is 6. The molecule has 0 amide bonds. The molecule has 0 saturated heterocycles. The Morgan fingerprint density at radius 2 is 0.603 bits per heavy atom. The van der Waals surface area contributed by atoms with Crippen LogP contribution in [0.4, 0.5) is 0 Å². The highest BCUT2D eigenvalue weighted by Gasteiger charge is 2.24. The van der Waals surface area contributed by atoms with Crippen molar-refractivity contribution in [3.63, 3.8) is 0 Å². The average molecular weight is 1030 g/mol. The number of para-hydroxylation sites is 2. The van der Waals surface area contributed by atoms with Gasteiger partial charge in [0.1, 0.15) is 36.2 Å². The van der Waals surface area contributed by atoms with Crippen molar-refractivity contribution in [1.29, 1.82) is 0 Å². The fraction of sp³-hybridized carbons (Fsp3) is 0.176. The lowest BCUT2D eigenvalue weighted by molar-refractivity contribution is 0.241. The second-order valence-corrected chi connectivity index (χ2v) is 20.2. The van der Waals surface area contributed by atoms with Crippen LogP contribution in [0.25, 0.3) is 0 Å². The normalized spacial score (nSPS) is 12.1. The molecule has 8 bridgehead atoms. The van der Waals surface area contributed by atoms with Gasteiger partial charge in [-0.2, -0.15) is 0 Å². The number of hydrogen-bond donors (Lipinski definition) is 2. The number of pyridine rings is 4. The van der Waals surface area contributed by atoms with E-state index in [0.29, 0.717) is 78.2 Å². The number of rotatable bonds is 18. The Bertz CT molecular complexity index is 3140. The lowest BCUT2D eigenvalue weighted by Crippen LogP contribution is -2.23. The van der Waals surface area contributed by atoms with Crippen molar-refractivity contribution in [2.45, 2.75) is 78.2 Å². The highest BCUT2D eigenvalue weighted by molar-refractivity contribution is 5.57. The van der Waals surface area contributed by atoms with Crippen LogP contribution in [0.3, 0.4) is 0 Å². The van der Waals surface area contributed by atoms with Crippen LogP contribution in [0.5, 0.6) is 23.0 Å². The molecule has 0 fully saturated rings. The molecule has 0 atom stereocenters. The minimum Gasteiger partial charge on any atom is -0.507 e. The second kappa shape index (κ2) is 24.8. The number of aromatic nitrogens is 4. The first-order valence-corrected chi connectivity index (χ1v) is 26.7. The zero-order valence-electron chi connectivity index (χ0n) is 43.7. The summed E-state index contributed by atoms with van der Waals surface area (Å²) in [5.41, 5.74) is 14.8. The molecule has 388 valence electrons. The van der Waals surface area contributed by atoms with Gasteiger partial charge in [0.15, 0.2) is 0 Å². The standard InChI is InChI=1S/C68H62N6O4/c75-65-57-33-51(41-73(43-61-25-7-11-29-69-61)44-62-26-8-12-30-70-62)35-59(65)39-55-23-16-24-56(68(55)78-48-50-19-5-2-6-20-50)40-60-36-52(42-74(45-63-27-9-13-31-71-63)46-64-28-10-14-32-72-64)34-58(66(60)76)38-54-22-15-21-53(37-57)67(54)77-47-49-17-3-1-4-18-49/h1-36,75-76H,37-48H2. The van der Waals surface area contributed by atoms with Crippen LogP contribution < -0.4 is 9.47 Å². The van der Waals surface area contributed by atoms with Crippen molar-refractivity contribution in [2.24, 2.45) is 0 Å². The van der Waals surface area contributed by atoms with E-state index in [4.69, 9.17) is 29.4 Å². The van der Waals surface area contributed by atoms with Gasteiger partial charge in [-0.1, -0.05) is 146 Å². The Kier molecular flexibility index (Phi) is 16.3. The first-order valence-electron chi connectivity index (χ1n) is 26.7. The number of benzene rings is 6. The van der Waals surface area contributed by atoms with E-state index >= 15 is 0 Å². The molecule has 10 nitrogen and oxygen atoms in total. The van der Waals surface area contributed by atoms with Crippen molar-refractivity contribution in [1.82, 2.24) is 29.7 Å². The Morgan fingerprint density at radius 3 is 0.885 bits per heavy atom. The van der Waals surface area contributed by atoms with E-state index in [1.165, 1.54) is 0 Å². The van der Waals surface area contributed by atoms with E-state index in [2.05, 4.69) is 119 Å². The van der Waals surface area contributed by atoms with Crippen LogP contribution in [0, 0.1) is 0 Å². The lowest BCUT2D eigenvalue weighted by Gasteiger charge is -2.25. The van der Waals surface area contributed by atoms with E-state index in [-0.39, 0.29) is 11.5 Å². The van der Waals surface area contributed by atoms with Gasteiger partial charge < -0.3 is 19.7 Å². The summed E-state index contributed by atoms with van der Waals surface area (Å²) in [6.07, 6.45) is 8.88. The summed E-state index contributed by atoms with van der Waals surface area (Å²) in [5, 5.41) is 25.4. The SMILES string of the molecule is Oc1c2cc(CN(Cc3ccccn3)Cc3ccccn3)cc1Cc1cccc(c1OCc1ccccc1)Cc1cc(CN(Cc3ccccn3)Cc3ccccn3)cc(c1O)Cc1cccc(c1OCc1ccccc1)C2. The molecule has 78 heavy (non-hydrogen) atoms. The minimum absolute atomic E-state index is 0.235. The van der Waals surface area contributed by atoms with E-state index in [1.807, 2.05) is 110 Å². The van der Waals surface area contributed by atoms with Crippen molar-refractivity contribution in [2.75, 3.05) is 0 Å². The summed E-state index contributed by atoms with van der Waals surface area (Å²) in [6.45, 7) is 4.22. The summed E-state index contributed by atoms with van der Waals surface area (Å²) in [4.78, 5) is 23.6. The van der Waals surface area contributed by atoms with Crippen molar-refractivity contribution in [3.05, 3.63) is 308 Å². The molecule has 1 aliphatic carbocycles. The first kappa shape index (κ1) is 51.2. The van der Waals surface area contributed by atoms with Gasteiger partial charge in [-0.15, -0.1) is 0 Å². The number of ether oxygens (including phenoxy) is 2. The molecule has 1 aliphatic rings. The molecule has 0 saturated carbocycles. The lowest BCUT2D eigenvalue weighted by atomic mass is 9.89. The first-order chi connectivity index (χ1) is 38.4. The fourth-order valence-corrected chi connectivity index (χ4v) is 10.6. The summed E-state index contributed by atoms with van der Waals surface area (Å²) in [5.74, 6) is 1.93. The number of aromatic hydroxyl groups is 2. The van der Waals surface area contributed by atoms with Crippen LogP contribution in [0.15, 0.2) is 219 Å². The molecule has 4 heterocycles. The third-order valence-corrected chi connectivity index (χ3v) is 14.2. The van der Waals surface area contributed by atoms with Gasteiger partial charge in [0.25, 0.3) is 0 Å². The second-order valence-electron chi connectivity index (χ2n) is 20.2. The topological polar surface area (TPSA) is 117 Å². The molecule has 0 spiro atoms. The molecular weight excluding hydrogens is 965 g/mol. The Balaban J connectivity index is 1.05. The molecule has 4 aromatic heterocycles. The van der Waals surface area contributed by atoms with Crippen LogP contribution in [-0.4, -0.2) is 39.9 Å². The Hall–Kier alpha value is -8.96. The predicted molar refractivity (Wildman–Crippen MR) is 305 cm³/mol. The molecule has 0 unspecified atom stereocenters. The molecular formula is C68H62N6O4. The maximum absolute atomic E-state index is 12.7. The minimum atomic E-state index is 0.235. The number of phenolic OH excluding ortho intramolecular Hbond substituents is 2. The van der Waals surface area contributed by atoms with Crippen molar-refractivity contribution in [3.8, 4) is 23.0 Å². The molecule has 10 aromatic rings. The maximum Gasteiger partial charge on any atom is 0.126 e. The van der Waals surface area contributed by atoms with E-state index in [9.17, 15) is 10.2 Å². The largest absolute Gasteiger partial charge is 0.507 e. The van der Waals surface area contributed by atoms with Gasteiger partial charge in [0.2, 0.25) is 0 Å². The smallest absolute Gasteiger partial charge is 0.126 e. The van der Waals surface area contributed by atoms with Crippen LogP contribution >= 0.6 is 0 Å². The van der Waals surface area contributed by atoms with Gasteiger partial charge in [-0.25, -0.2) is 0 Å². The van der Waals surface area contributed by atoms with Gasteiger partial charge in [0.05, 0.1) is 22.8 Å². The van der Waals surface area contributed by atoms with Crippen LogP contribution in [0.2, 0.25) is 0 Å². The highest BCUT2D eigenvalue weighted by Crippen LogP contribution is 2.40. The molecule has 10 heteroatoms. The summed E-state index contributed by atoms with van der Waals surface area (Å²) in [6, 6.07) is 65.6. The fourth-order valence-electron chi connectivity index (χ4n) is 10.6. The number of phenols is 2. The van der Waals surface area contributed by atoms with Gasteiger partial charge in [-0.05, 0) is 115 Å². The highest BCUT2D eigenvalue weighted by atomic mass is 16.5. The predicted octanol–water partition coefficient (Wildman–Crippen LogP) is 12.9. The van der Waals surface area contributed by atoms with Crippen LogP contribution in [0.1, 0.15) is 89.5 Å². The van der Waals surface area contributed by atoms with Gasteiger partial charge >= 0.3 is 0 Å². The van der Waals surface area contributed by atoms with Gasteiger partial charge in [0, 0.05) is 89.7 Å². The van der Waals surface area contributed by atoms with E-state index in [1.54, 1.807) is 0 Å². The van der Waals surface area contributed by atoms with E-state index in [0.717, 1.165) is 101 Å². The van der Waals surface area contributed by atoms with Crippen molar-refractivity contribution >= 4 is 0 Å². The summed E-state index contributed by atoms with van der Waals surface area (Å²) >= 11 is 0. The monoisotopic (exact) mass is 1030 g/mol. The van der Waals surface area contributed by atoms with Crippen LogP contribution in [-0.2, 0) is 78.2 Å². The molecule has 2 N–H and O–H groups in total. The molecule has 11 rings (SSSR count). The molecule has 0 radical (unpaired) electrons. The summed E-state index contributed by atoms with van der Waals surface area (Å²) in [7, 11) is 0. The van der Waals surface area contributed by atoms with E-state index < -0.39 is 0 Å². The third-order valence-electron chi connectivity index (χ3n) is 14.2. The van der Waals surface area contributed by atoms with Crippen molar-refractivity contribution < 1.29 is 19.7 Å². The average Bonchev–Trinajstić information content (AvgIpc) is 3.51. The zero-order valence-corrected chi connectivity index (χ0v) is 43.7. The maximum atomic E-state index is 12.7. The van der Waals surface area contributed by atoms with Gasteiger partial charge in [-0.3, -0.25) is 29.7 Å². The molecule has 6 aromatic carbocycles. The number of hydrogen-bond acceptors (Lipinski definition) is 10. The number of fused-ring (bicyclic) bond motifs is 8. The third kappa shape index (κ3) is 13.2. The Labute approximate surface area is 457 Å². The molecule has 0 aliphatic heterocycles. The zero-order chi connectivity index (χ0) is 52.9. The quantitative estimate of drug-likeness (QED) is 0.0860. The Morgan fingerprint density at radius 1 is 0.308 bits per heavy atom.